The molecule has 0 bridgehead atoms. The van der Waals surface area contributed by atoms with E-state index in [0.717, 1.165) is 0 Å². The van der Waals surface area contributed by atoms with Gasteiger partial charge < -0.3 is 12.9 Å². The first kappa shape index (κ1) is 28.2. The van der Waals surface area contributed by atoms with Crippen LogP contribution >= 0.6 is 0 Å². The highest BCUT2D eigenvalue weighted by molar-refractivity contribution is 5.75. The molecule has 156 valence electrons. The smallest absolute Gasteiger partial charge is 0.0786 e. The third-order valence-electron chi connectivity index (χ3n) is 5.94. The van der Waals surface area contributed by atoms with Gasteiger partial charge in [-0.3, -0.25) is 0 Å². The first-order valence-corrected chi connectivity index (χ1v) is 12.1. The molecule has 0 heterocycles. The lowest BCUT2D eigenvalue weighted by Gasteiger charge is -2.39. The van der Waals surface area contributed by atoms with Gasteiger partial charge in [0.25, 0.3) is 0 Å². The molecular formula is C24H52BN. The molecule has 1 nitrogen and oxygen atoms in total. The van der Waals surface area contributed by atoms with Gasteiger partial charge in [-0.05, 0) is 51.4 Å². The largest absolute Gasteiger partial charge is 1.00 e. The number of nitrogens with zero attached hydrogens (tertiary/aromatic N) is 1. The highest BCUT2D eigenvalue weighted by atomic mass is 15.3. The Labute approximate surface area is 169 Å². The maximum atomic E-state index is 2.34. The second kappa shape index (κ2) is 21.3. The van der Waals surface area contributed by atoms with Crippen LogP contribution in [0.3, 0.4) is 0 Å². The number of hydrogen-bond acceptors (Lipinski definition) is 0. The van der Waals surface area contributed by atoms with Crippen LogP contribution in [0.1, 0.15) is 130 Å². The van der Waals surface area contributed by atoms with Crippen molar-refractivity contribution in [3.63, 3.8) is 0 Å². The Kier molecular flexibility index (Phi) is 23.2. The molecule has 0 rings (SSSR count). The third-order valence-corrected chi connectivity index (χ3v) is 5.94. The van der Waals surface area contributed by atoms with Crippen molar-refractivity contribution in [2.45, 2.75) is 130 Å². The molecule has 26 heavy (non-hydrogen) atoms. The summed E-state index contributed by atoms with van der Waals surface area (Å²) < 4.78 is 1.46. The van der Waals surface area contributed by atoms with E-state index in [4.69, 9.17) is 0 Å². The molecule has 0 aromatic carbocycles. The molecule has 0 aliphatic carbocycles. The average molecular weight is 365 g/mol. The van der Waals surface area contributed by atoms with Crippen LogP contribution in [0.25, 0.3) is 0 Å². The van der Waals surface area contributed by atoms with Gasteiger partial charge in [-0.15, -0.1) is 0 Å². The Morgan fingerprint density at radius 2 is 0.577 bits per heavy atom. The van der Waals surface area contributed by atoms with Crippen molar-refractivity contribution >= 4 is 8.41 Å². The fraction of sp³-hybridized carbons (Fsp3) is 1.00. The molecular weight excluding hydrogens is 313 g/mol. The van der Waals surface area contributed by atoms with E-state index < -0.39 is 0 Å². The van der Waals surface area contributed by atoms with Gasteiger partial charge in [0.1, 0.15) is 0 Å². The van der Waals surface area contributed by atoms with E-state index >= 15 is 0 Å². The summed E-state index contributed by atoms with van der Waals surface area (Å²) in [6, 6.07) is 0. The molecule has 0 saturated heterocycles. The van der Waals surface area contributed by atoms with Gasteiger partial charge in [0.05, 0.1) is 26.2 Å². The summed E-state index contributed by atoms with van der Waals surface area (Å²) in [6.07, 6.45) is 22.8. The lowest BCUT2D eigenvalue weighted by atomic mass is 10.1. The first-order valence-electron chi connectivity index (χ1n) is 12.1. The number of hydrogen-bond donors (Lipinski definition) is 0. The van der Waals surface area contributed by atoms with E-state index in [0.29, 0.717) is 0 Å². The summed E-state index contributed by atoms with van der Waals surface area (Å²) >= 11 is 0. The molecule has 0 amide bonds. The minimum absolute atomic E-state index is 0. The standard InChI is InChI=1S/C24H52N.B/c1-5-9-13-17-21-25(22-18-14-10-6-2,23-19-15-11-7-3)24-20-16-12-8-4;/h5-24H2,1-4H3;/q+1;-1. The van der Waals surface area contributed by atoms with E-state index in [1.807, 2.05) is 0 Å². The van der Waals surface area contributed by atoms with Crippen molar-refractivity contribution in [2.75, 3.05) is 26.2 Å². The molecule has 2 heteroatoms. The monoisotopic (exact) mass is 365 g/mol. The van der Waals surface area contributed by atoms with Crippen molar-refractivity contribution in [3.8, 4) is 0 Å². The minimum atomic E-state index is 0. The van der Waals surface area contributed by atoms with Gasteiger partial charge in [-0.2, -0.15) is 0 Å². The Hall–Kier alpha value is 0.0249. The first-order chi connectivity index (χ1) is 12.2. The Balaban J connectivity index is 0. The van der Waals surface area contributed by atoms with Crippen molar-refractivity contribution < 1.29 is 4.48 Å². The van der Waals surface area contributed by atoms with Crippen LogP contribution in [-0.4, -0.2) is 39.1 Å². The summed E-state index contributed by atoms with van der Waals surface area (Å²) in [6.45, 7) is 15.2. The van der Waals surface area contributed by atoms with Crippen LogP contribution in [0.4, 0.5) is 0 Å². The fourth-order valence-corrected chi connectivity index (χ4v) is 4.17. The van der Waals surface area contributed by atoms with E-state index in [2.05, 4.69) is 27.7 Å². The minimum Gasteiger partial charge on any atom is -1.00 e. The quantitative estimate of drug-likeness (QED) is 0.118. The van der Waals surface area contributed by atoms with Crippen molar-refractivity contribution in [3.05, 3.63) is 0 Å². The fourth-order valence-electron chi connectivity index (χ4n) is 4.17. The summed E-state index contributed by atoms with van der Waals surface area (Å²) in [7, 11) is 0. The van der Waals surface area contributed by atoms with Gasteiger partial charge in [0.15, 0.2) is 0 Å². The maximum Gasteiger partial charge on any atom is 0.0786 e. The lowest BCUT2D eigenvalue weighted by Crippen LogP contribution is -2.50. The predicted molar refractivity (Wildman–Crippen MR) is 122 cm³/mol. The normalized spacial score (nSPS) is 11.5. The zero-order chi connectivity index (χ0) is 18.6. The van der Waals surface area contributed by atoms with Crippen LogP contribution in [0, 0.1) is 0 Å². The molecule has 0 spiro atoms. The maximum absolute atomic E-state index is 2.34. The molecule has 0 unspecified atom stereocenters. The van der Waals surface area contributed by atoms with E-state index in [1.165, 1.54) is 133 Å². The Morgan fingerprint density at radius 3 is 0.769 bits per heavy atom. The molecule has 0 aliphatic heterocycles. The zero-order valence-corrected chi connectivity index (χ0v) is 19.2. The Bertz CT molecular complexity index is 201. The highest BCUT2D eigenvalue weighted by Gasteiger charge is 2.25. The highest BCUT2D eigenvalue weighted by Crippen LogP contribution is 2.19. The van der Waals surface area contributed by atoms with Crippen LogP contribution < -0.4 is 0 Å². The van der Waals surface area contributed by atoms with E-state index in [1.54, 1.807) is 0 Å². The number of rotatable bonds is 20. The molecule has 0 atom stereocenters. The molecule has 0 N–H and O–H groups in total. The summed E-state index contributed by atoms with van der Waals surface area (Å²) in [5.41, 5.74) is 0. The van der Waals surface area contributed by atoms with Crippen LogP contribution in [-0.2, 0) is 0 Å². The van der Waals surface area contributed by atoms with Gasteiger partial charge in [0.2, 0.25) is 0 Å². The SMILES string of the molecule is CCCCCC[N+](CCCCCC)(CCCCCC)CCCCCC.[B-]. The van der Waals surface area contributed by atoms with Crippen LogP contribution in [0.15, 0.2) is 0 Å². The second-order valence-electron chi connectivity index (χ2n) is 8.48. The van der Waals surface area contributed by atoms with E-state index in [-0.39, 0.29) is 8.41 Å². The molecule has 4 radical (unpaired) electrons. The van der Waals surface area contributed by atoms with Crippen LogP contribution in [0.2, 0.25) is 0 Å². The van der Waals surface area contributed by atoms with Gasteiger partial charge >= 0.3 is 0 Å². The molecule has 0 aliphatic rings. The van der Waals surface area contributed by atoms with Crippen LogP contribution in [0.5, 0.6) is 0 Å². The van der Waals surface area contributed by atoms with Crippen molar-refractivity contribution in [2.24, 2.45) is 0 Å². The van der Waals surface area contributed by atoms with Crippen molar-refractivity contribution in [1.29, 1.82) is 0 Å². The summed E-state index contributed by atoms with van der Waals surface area (Å²) in [5, 5.41) is 0. The average Bonchev–Trinajstić information content (AvgIpc) is 2.63. The second-order valence-corrected chi connectivity index (χ2v) is 8.48. The topological polar surface area (TPSA) is 0 Å². The molecule has 0 fully saturated rings. The predicted octanol–water partition coefficient (Wildman–Crippen LogP) is 7.74. The lowest BCUT2D eigenvalue weighted by molar-refractivity contribution is -0.929. The molecule has 0 saturated carbocycles. The number of quaternary nitrogens is 1. The summed E-state index contributed by atoms with van der Waals surface area (Å²) in [4.78, 5) is 0. The van der Waals surface area contributed by atoms with Gasteiger partial charge in [-0.1, -0.05) is 79.1 Å². The van der Waals surface area contributed by atoms with E-state index in [9.17, 15) is 0 Å². The van der Waals surface area contributed by atoms with Gasteiger partial charge in [0, 0.05) is 0 Å². The van der Waals surface area contributed by atoms with Gasteiger partial charge in [-0.25, -0.2) is 0 Å². The molecule has 0 aromatic heterocycles. The van der Waals surface area contributed by atoms with Crippen molar-refractivity contribution in [1.82, 2.24) is 0 Å². The molecule has 0 aromatic rings. The zero-order valence-electron chi connectivity index (χ0n) is 19.2. The summed E-state index contributed by atoms with van der Waals surface area (Å²) in [5.74, 6) is 0. The number of unbranched alkanes of at least 4 members (excludes halogenated alkanes) is 12. The third kappa shape index (κ3) is 16.2. The Morgan fingerprint density at radius 1 is 0.346 bits per heavy atom.